The lowest BCUT2D eigenvalue weighted by Crippen LogP contribution is -2.52. The molecule has 0 spiro atoms. The Bertz CT molecular complexity index is 539. The van der Waals surface area contributed by atoms with Gasteiger partial charge in [0.25, 0.3) is 0 Å². The van der Waals surface area contributed by atoms with Crippen LogP contribution in [0.4, 0.5) is 0 Å². The molecule has 22 heavy (non-hydrogen) atoms. The van der Waals surface area contributed by atoms with Crippen molar-refractivity contribution in [3.63, 3.8) is 0 Å². The van der Waals surface area contributed by atoms with Gasteiger partial charge in [0.1, 0.15) is 0 Å². The Kier molecular flexibility index (Phi) is 3.79. The predicted octanol–water partition coefficient (Wildman–Crippen LogP) is 5.90. The zero-order valence-electron chi connectivity index (χ0n) is 14.7. The lowest BCUT2D eigenvalue weighted by molar-refractivity contribution is -0.0201. The van der Waals surface area contributed by atoms with Gasteiger partial charge in [-0.3, -0.25) is 0 Å². The first kappa shape index (κ1) is 15.9. The average molecular weight is 297 g/mol. The van der Waals surface area contributed by atoms with E-state index in [4.69, 9.17) is 6.57 Å². The van der Waals surface area contributed by atoms with Crippen molar-refractivity contribution >= 4 is 0 Å². The highest BCUT2D eigenvalue weighted by atomic mass is 14.8. The molecule has 0 amide bonds. The van der Waals surface area contributed by atoms with Crippen LogP contribution in [0.25, 0.3) is 4.85 Å². The minimum atomic E-state index is -0.117. The first-order valence-corrected chi connectivity index (χ1v) is 9.07. The Balaban J connectivity index is 2.07. The quantitative estimate of drug-likeness (QED) is 0.442. The molecule has 3 rings (SSSR count). The van der Waals surface area contributed by atoms with E-state index in [1.807, 2.05) is 0 Å². The third-order valence-electron chi connectivity index (χ3n) is 7.47. The average Bonchev–Trinajstić information content (AvgIpc) is 2.78. The predicted molar refractivity (Wildman–Crippen MR) is 93.3 cm³/mol. The van der Waals surface area contributed by atoms with E-state index in [2.05, 4.69) is 51.3 Å². The summed E-state index contributed by atoms with van der Waals surface area (Å²) in [6.45, 7) is 21.1. The van der Waals surface area contributed by atoms with Gasteiger partial charge in [-0.25, -0.2) is 6.57 Å². The van der Waals surface area contributed by atoms with E-state index in [-0.39, 0.29) is 5.54 Å². The van der Waals surface area contributed by atoms with E-state index in [0.717, 1.165) is 35.7 Å². The zero-order valence-corrected chi connectivity index (χ0v) is 14.7. The topological polar surface area (TPSA) is 4.36 Å². The van der Waals surface area contributed by atoms with Crippen molar-refractivity contribution in [2.75, 3.05) is 0 Å². The number of rotatable bonds is 2. The Morgan fingerprint density at radius 2 is 2.00 bits per heavy atom. The van der Waals surface area contributed by atoms with E-state index >= 15 is 0 Å². The molecular formula is C21H31N. The van der Waals surface area contributed by atoms with E-state index in [1.165, 1.54) is 25.7 Å². The van der Waals surface area contributed by atoms with E-state index in [0.29, 0.717) is 11.3 Å². The first-order chi connectivity index (χ1) is 10.3. The minimum absolute atomic E-state index is 0.117. The van der Waals surface area contributed by atoms with E-state index in [1.54, 1.807) is 0 Å². The number of hydrogen-bond donors (Lipinski definition) is 0. The summed E-state index contributed by atoms with van der Waals surface area (Å²) in [4.78, 5) is 4.15. The van der Waals surface area contributed by atoms with Crippen molar-refractivity contribution < 1.29 is 0 Å². The Morgan fingerprint density at radius 1 is 1.27 bits per heavy atom. The summed E-state index contributed by atoms with van der Waals surface area (Å²) in [5.74, 6) is 3.69. The van der Waals surface area contributed by atoms with Gasteiger partial charge in [0, 0.05) is 19.3 Å². The second-order valence-corrected chi connectivity index (χ2v) is 8.76. The SMILES string of the molecule is [C-]#[N+][C@@]1(C)CC[C@H]2[C@@H]3[C@@H]1CC[C@@H](C)[C@]3(/C=C/C(=C)C)C[C@@H]2C. The lowest BCUT2D eigenvalue weighted by atomic mass is 9.50. The van der Waals surface area contributed by atoms with Crippen LogP contribution in [0.5, 0.6) is 0 Å². The molecule has 0 aromatic heterocycles. The maximum absolute atomic E-state index is 7.80. The molecule has 0 saturated heterocycles. The highest BCUT2D eigenvalue weighted by Gasteiger charge is 2.65. The zero-order chi connectivity index (χ0) is 16.1. The van der Waals surface area contributed by atoms with Gasteiger partial charge in [-0.05, 0) is 61.7 Å². The van der Waals surface area contributed by atoms with Gasteiger partial charge in [-0.15, -0.1) is 0 Å². The fourth-order valence-electron chi connectivity index (χ4n) is 6.26. The molecule has 3 aliphatic rings. The van der Waals surface area contributed by atoms with Gasteiger partial charge < -0.3 is 4.85 Å². The summed E-state index contributed by atoms with van der Waals surface area (Å²) < 4.78 is 0. The third-order valence-corrected chi connectivity index (χ3v) is 7.47. The highest BCUT2D eigenvalue weighted by Crippen LogP contribution is 2.67. The molecule has 0 unspecified atom stereocenters. The molecule has 0 N–H and O–H groups in total. The molecule has 0 heterocycles. The van der Waals surface area contributed by atoms with Crippen molar-refractivity contribution in [2.45, 2.75) is 65.3 Å². The van der Waals surface area contributed by atoms with Gasteiger partial charge >= 0.3 is 0 Å². The monoisotopic (exact) mass is 297 g/mol. The summed E-state index contributed by atoms with van der Waals surface area (Å²) in [6.07, 6.45) is 11.0. The normalized spacial score (nSPS) is 50.6. The van der Waals surface area contributed by atoms with Crippen LogP contribution in [0.2, 0.25) is 0 Å². The Morgan fingerprint density at radius 3 is 2.64 bits per heavy atom. The molecule has 0 aromatic carbocycles. The largest absolute Gasteiger partial charge is 0.310 e. The van der Waals surface area contributed by atoms with Crippen molar-refractivity contribution in [3.8, 4) is 0 Å². The van der Waals surface area contributed by atoms with Crippen LogP contribution in [0.1, 0.15) is 59.8 Å². The highest BCUT2D eigenvalue weighted by molar-refractivity contribution is 5.25. The van der Waals surface area contributed by atoms with Crippen molar-refractivity contribution in [1.82, 2.24) is 0 Å². The molecule has 120 valence electrons. The Hall–Kier alpha value is -1.03. The fourth-order valence-corrected chi connectivity index (χ4v) is 6.26. The minimum Gasteiger partial charge on any atom is -0.310 e. The van der Waals surface area contributed by atoms with Gasteiger partial charge in [0.2, 0.25) is 5.54 Å². The summed E-state index contributed by atoms with van der Waals surface area (Å²) in [7, 11) is 0. The van der Waals surface area contributed by atoms with Crippen LogP contribution in [-0.4, -0.2) is 5.54 Å². The summed E-state index contributed by atoms with van der Waals surface area (Å²) in [5.41, 5.74) is 1.36. The van der Waals surface area contributed by atoms with Crippen molar-refractivity contribution in [2.24, 2.45) is 35.0 Å². The summed E-state index contributed by atoms with van der Waals surface area (Å²) in [6, 6.07) is 0. The Labute approximate surface area is 136 Å². The van der Waals surface area contributed by atoms with E-state index < -0.39 is 0 Å². The third kappa shape index (κ3) is 2.10. The molecule has 3 aliphatic carbocycles. The van der Waals surface area contributed by atoms with E-state index in [9.17, 15) is 0 Å². The fraction of sp³-hybridized carbons (Fsp3) is 0.762. The smallest absolute Gasteiger partial charge is 0.233 e. The maximum atomic E-state index is 7.80. The molecule has 0 aliphatic heterocycles. The van der Waals surface area contributed by atoms with Gasteiger partial charge in [-0.2, -0.15) is 0 Å². The molecule has 0 aromatic rings. The van der Waals surface area contributed by atoms with Gasteiger partial charge in [0.05, 0.1) is 0 Å². The number of nitrogens with zero attached hydrogens (tertiary/aromatic N) is 1. The molecule has 7 atom stereocenters. The standard InChI is InChI=1S/C21H31N/c1-14(2)9-12-21-13-15(3)17-10-11-20(5,22-6)18(19(17)21)8-7-16(21)4/h9,12,15-19H,1,7-8,10-11,13H2,2-5H3/b12-9+/t15-,16+,17+,18-,19+,20-,21-/m0/s1. The molecule has 1 nitrogen and oxygen atoms in total. The summed E-state index contributed by atoms with van der Waals surface area (Å²) in [5, 5.41) is 0. The number of allylic oxidation sites excluding steroid dienone is 3. The van der Waals surface area contributed by atoms with Gasteiger partial charge in [-0.1, -0.05) is 38.2 Å². The summed E-state index contributed by atoms with van der Waals surface area (Å²) >= 11 is 0. The lowest BCUT2D eigenvalue weighted by Gasteiger charge is -2.53. The molecule has 3 fully saturated rings. The molecule has 0 radical (unpaired) electrons. The van der Waals surface area contributed by atoms with Crippen LogP contribution in [-0.2, 0) is 0 Å². The van der Waals surface area contributed by atoms with Gasteiger partial charge in [0.15, 0.2) is 0 Å². The number of hydrogen-bond acceptors (Lipinski definition) is 0. The van der Waals surface area contributed by atoms with Crippen LogP contribution in [0.3, 0.4) is 0 Å². The molecule has 3 saturated carbocycles. The van der Waals surface area contributed by atoms with Crippen LogP contribution in [0, 0.1) is 41.6 Å². The molecule has 0 bridgehead atoms. The van der Waals surface area contributed by atoms with Crippen LogP contribution < -0.4 is 0 Å². The van der Waals surface area contributed by atoms with Crippen molar-refractivity contribution in [3.05, 3.63) is 35.7 Å². The second-order valence-electron chi connectivity index (χ2n) is 8.76. The van der Waals surface area contributed by atoms with Crippen LogP contribution in [0.15, 0.2) is 24.3 Å². The molecule has 1 heteroatoms. The first-order valence-electron chi connectivity index (χ1n) is 9.07. The molecular weight excluding hydrogens is 266 g/mol. The maximum Gasteiger partial charge on any atom is 0.233 e. The van der Waals surface area contributed by atoms with Crippen molar-refractivity contribution in [1.29, 1.82) is 0 Å². The van der Waals surface area contributed by atoms with Crippen LogP contribution >= 0.6 is 0 Å². The second kappa shape index (κ2) is 5.26.